The Balaban J connectivity index is 2.12. The second-order valence-electron chi connectivity index (χ2n) is 5.12. The van der Waals surface area contributed by atoms with Crippen LogP contribution >= 0.6 is 0 Å². The maximum absolute atomic E-state index is 8.58. The van der Waals surface area contributed by atoms with Gasteiger partial charge in [0, 0.05) is 18.8 Å². The molecule has 1 aromatic carbocycles. The fraction of sp³-hybridized carbons (Fsp3) is 0.500. The molecule has 0 amide bonds. The Kier molecular flexibility index (Phi) is 3.03. The summed E-state index contributed by atoms with van der Waals surface area (Å²) in [5.74, 6) is 0. The van der Waals surface area contributed by atoms with Crippen LogP contribution in [0.3, 0.4) is 0 Å². The van der Waals surface area contributed by atoms with Gasteiger partial charge in [-0.2, -0.15) is 0 Å². The molecule has 0 saturated carbocycles. The first-order valence-electron chi connectivity index (χ1n) is 5.61. The van der Waals surface area contributed by atoms with E-state index in [-0.39, 0.29) is 0 Å². The van der Waals surface area contributed by atoms with Crippen LogP contribution in [-0.4, -0.2) is 18.3 Å². The topological polar surface area (TPSA) is 47.5 Å². The van der Waals surface area contributed by atoms with Gasteiger partial charge < -0.3 is 4.90 Å². The third-order valence-corrected chi connectivity index (χ3v) is 3.09. The molecule has 2 rings (SSSR count). The van der Waals surface area contributed by atoms with Gasteiger partial charge in [-0.3, -0.25) is 10.6 Å². The second-order valence-corrected chi connectivity index (χ2v) is 5.12. The van der Waals surface area contributed by atoms with E-state index in [1.807, 2.05) is 23.8 Å². The van der Waals surface area contributed by atoms with Gasteiger partial charge in [-0.05, 0) is 30.0 Å². The zero-order valence-corrected chi connectivity index (χ0v) is 9.83. The lowest BCUT2D eigenvalue weighted by Gasteiger charge is -2.22. The predicted molar refractivity (Wildman–Crippen MR) is 65.6 cm³/mol. The predicted octanol–water partition coefficient (Wildman–Crippen LogP) is 2.23. The molecule has 3 N–H and O–H groups in total. The molecule has 0 unspecified atom stereocenters. The van der Waals surface area contributed by atoms with Gasteiger partial charge in [0.25, 0.3) is 0 Å². The molecule has 4 nitrogen and oxygen atoms in total. The summed E-state index contributed by atoms with van der Waals surface area (Å²) < 4.78 is 0. The molecule has 16 heavy (non-hydrogen) atoms. The molecule has 1 aromatic rings. The standard InChI is InChI=1S/C12H19N3O/c1-12(2)6-7-15(9-12)11-5-3-4-10(8-11)13-14-16/h3-5,8,13-14,16H,6-7,9H2,1-2H3. The number of benzene rings is 1. The minimum Gasteiger partial charge on any atom is -0.371 e. The average molecular weight is 221 g/mol. The maximum Gasteiger partial charge on any atom is 0.0530 e. The number of rotatable bonds is 3. The van der Waals surface area contributed by atoms with E-state index in [1.54, 1.807) is 0 Å². The summed E-state index contributed by atoms with van der Waals surface area (Å²) in [5.41, 5.74) is 7.09. The number of nitrogens with zero attached hydrogens (tertiary/aromatic N) is 1. The van der Waals surface area contributed by atoms with Crippen LogP contribution in [0, 0.1) is 5.41 Å². The van der Waals surface area contributed by atoms with Crippen LogP contribution in [0.4, 0.5) is 11.4 Å². The number of hydrogen-bond acceptors (Lipinski definition) is 4. The molecule has 0 atom stereocenters. The zero-order valence-electron chi connectivity index (χ0n) is 9.83. The van der Waals surface area contributed by atoms with Gasteiger partial charge in [0.05, 0.1) is 5.69 Å². The molecule has 1 saturated heterocycles. The maximum atomic E-state index is 8.58. The highest BCUT2D eigenvalue weighted by molar-refractivity contribution is 5.58. The van der Waals surface area contributed by atoms with Gasteiger partial charge in [0.1, 0.15) is 0 Å². The normalized spacial score (nSPS) is 18.8. The highest BCUT2D eigenvalue weighted by Gasteiger charge is 2.29. The molecule has 0 aliphatic carbocycles. The fourth-order valence-electron chi connectivity index (χ4n) is 2.18. The van der Waals surface area contributed by atoms with E-state index in [9.17, 15) is 0 Å². The number of hydrazine groups is 1. The Morgan fingerprint density at radius 3 is 2.81 bits per heavy atom. The summed E-state index contributed by atoms with van der Waals surface area (Å²) in [6.07, 6.45) is 1.23. The van der Waals surface area contributed by atoms with Gasteiger partial charge in [0.15, 0.2) is 0 Å². The Labute approximate surface area is 96.2 Å². The van der Waals surface area contributed by atoms with Crippen LogP contribution in [0.25, 0.3) is 0 Å². The highest BCUT2D eigenvalue weighted by Crippen LogP contribution is 2.33. The zero-order chi connectivity index (χ0) is 11.6. The van der Waals surface area contributed by atoms with Crippen LogP contribution in [0.15, 0.2) is 24.3 Å². The van der Waals surface area contributed by atoms with E-state index >= 15 is 0 Å². The monoisotopic (exact) mass is 221 g/mol. The molecule has 4 heteroatoms. The van der Waals surface area contributed by atoms with E-state index in [0.29, 0.717) is 5.41 Å². The molecule has 1 aliphatic rings. The molecule has 0 radical (unpaired) electrons. The Bertz CT molecular complexity index is 365. The number of anilines is 2. The molecular weight excluding hydrogens is 202 g/mol. The summed E-state index contributed by atoms with van der Waals surface area (Å²) in [4.78, 5) is 2.38. The Morgan fingerprint density at radius 1 is 1.38 bits per heavy atom. The second kappa shape index (κ2) is 4.31. The van der Waals surface area contributed by atoms with Crippen molar-refractivity contribution in [3.05, 3.63) is 24.3 Å². The molecule has 1 aliphatic heterocycles. The molecular formula is C12H19N3O. The largest absolute Gasteiger partial charge is 0.371 e. The van der Waals surface area contributed by atoms with Gasteiger partial charge >= 0.3 is 0 Å². The third kappa shape index (κ3) is 2.46. The van der Waals surface area contributed by atoms with Gasteiger partial charge in [-0.1, -0.05) is 19.9 Å². The van der Waals surface area contributed by atoms with Crippen molar-refractivity contribution < 1.29 is 5.21 Å². The lowest BCUT2D eigenvalue weighted by Crippen LogP contribution is -2.23. The van der Waals surface area contributed by atoms with Crippen molar-refractivity contribution in [1.29, 1.82) is 0 Å². The first-order chi connectivity index (χ1) is 7.61. The number of nitrogens with one attached hydrogen (secondary N) is 2. The minimum atomic E-state index is 0.401. The first-order valence-corrected chi connectivity index (χ1v) is 5.61. The van der Waals surface area contributed by atoms with E-state index in [1.165, 1.54) is 12.1 Å². The summed E-state index contributed by atoms with van der Waals surface area (Å²) in [5, 5.41) is 8.58. The van der Waals surface area contributed by atoms with Crippen molar-refractivity contribution in [2.75, 3.05) is 23.4 Å². The first kappa shape index (κ1) is 11.2. The summed E-state index contributed by atoms with van der Waals surface area (Å²) in [6.45, 7) is 6.78. The SMILES string of the molecule is CC1(C)CCN(c2cccc(NNO)c2)C1. The van der Waals surface area contributed by atoms with Crippen molar-refractivity contribution in [2.24, 2.45) is 5.41 Å². The van der Waals surface area contributed by atoms with Gasteiger partial charge in [-0.25, -0.2) is 0 Å². The molecule has 1 fully saturated rings. The molecule has 0 aromatic heterocycles. The van der Waals surface area contributed by atoms with Crippen molar-refractivity contribution in [1.82, 2.24) is 5.59 Å². The Morgan fingerprint density at radius 2 is 2.19 bits per heavy atom. The fourth-order valence-corrected chi connectivity index (χ4v) is 2.18. The van der Waals surface area contributed by atoms with Crippen molar-refractivity contribution in [2.45, 2.75) is 20.3 Å². The smallest absolute Gasteiger partial charge is 0.0530 e. The van der Waals surface area contributed by atoms with E-state index in [4.69, 9.17) is 5.21 Å². The average Bonchev–Trinajstić information content (AvgIpc) is 2.60. The van der Waals surface area contributed by atoms with Gasteiger partial charge in [0.2, 0.25) is 0 Å². The molecule has 88 valence electrons. The van der Waals surface area contributed by atoms with Crippen LogP contribution in [0.1, 0.15) is 20.3 Å². The third-order valence-electron chi connectivity index (χ3n) is 3.09. The summed E-state index contributed by atoms with van der Waals surface area (Å²) >= 11 is 0. The van der Waals surface area contributed by atoms with Crippen molar-refractivity contribution >= 4 is 11.4 Å². The number of hydrogen-bond donors (Lipinski definition) is 3. The summed E-state index contributed by atoms with van der Waals surface area (Å²) in [7, 11) is 0. The van der Waals surface area contributed by atoms with E-state index < -0.39 is 0 Å². The van der Waals surface area contributed by atoms with E-state index in [0.717, 1.165) is 18.8 Å². The lowest BCUT2D eigenvalue weighted by atomic mass is 9.93. The van der Waals surface area contributed by atoms with Gasteiger partial charge in [-0.15, -0.1) is 5.59 Å². The van der Waals surface area contributed by atoms with E-state index in [2.05, 4.69) is 30.2 Å². The van der Waals surface area contributed by atoms with Crippen molar-refractivity contribution in [3.8, 4) is 0 Å². The minimum absolute atomic E-state index is 0.401. The molecule has 0 bridgehead atoms. The summed E-state index contributed by atoms with van der Waals surface area (Å²) in [6, 6.07) is 8.03. The molecule has 1 heterocycles. The van der Waals surface area contributed by atoms with Crippen LogP contribution in [0.5, 0.6) is 0 Å². The van der Waals surface area contributed by atoms with Crippen LogP contribution < -0.4 is 15.9 Å². The van der Waals surface area contributed by atoms with Crippen molar-refractivity contribution in [3.63, 3.8) is 0 Å². The molecule has 0 spiro atoms. The highest BCUT2D eigenvalue weighted by atomic mass is 16.5. The quantitative estimate of drug-likeness (QED) is 0.685. The van der Waals surface area contributed by atoms with Crippen LogP contribution in [0.2, 0.25) is 0 Å². The Hall–Kier alpha value is -1.26. The lowest BCUT2D eigenvalue weighted by molar-refractivity contribution is 0.193. The van der Waals surface area contributed by atoms with Crippen LogP contribution in [-0.2, 0) is 0 Å².